The number of benzene rings is 1. The van der Waals surface area contributed by atoms with E-state index in [1.807, 2.05) is 27.7 Å². The molecular weight excluding hydrogens is 504 g/mol. The predicted octanol–water partition coefficient (Wildman–Crippen LogP) is 2.50. The average Bonchev–Trinajstić information content (AvgIpc) is 2.79. The van der Waals surface area contributed by atoms with E-state index in [1.54, 1.807) is 0 Å². The third-order valence-electron chi connectivity index (χ3n) is 5.21. The van der Waals surface area contributed by atoms with Crippen molar-refractivity contribution in [2.24, 2.45) is 11.8 Å². The first kappa shape index (κ1) is 29.3. The van der Waals surface area contributed by atoms with Gasteiger partial charge in [-0.2, -0.15) is 0 Å². The summed E-state index contributed by atoms with van der Waals surface area (Å²) in [5, 5.41) is 11.0. The number of nitro benzene ring substituents is 1. The second-order valence-corrected chi connectivity index (χ2v) is 9.80. The number of carbonyl (C=O) groups is 2. The molecule has 1 aromatic carbocycles. The fourth-order valence-corrected chi connectivity index (χ4v) is 3.69. The SMILES string of the molecule is CC(C)CN(C(=O)CN(C)C(=O)C=Cc1ccc(Cl)c([N+](=O)[O-])c1)c1c(N)n(CC(C)C)c(=O)[nH]c1=O. The third-order valence-corrected chi connectivity index (χ3v) is 5.53. The number of rotatable bonds is 10. The number of aromatic amines is 1. The van der Waals surface area contributed by atoms with Crippen LogP contribution >= 0.6 is 11.6 Å². The smallest absolute Gasteiger partial charge is 0.330 e. The van der Waals surface area contributed by atoms with Crippen LogP contribution in [0.1, 0.15) is 33.3 Å². The van der Waals surface area contributed by atoms with Crippen molar-refractivity contribution in [3.05, 3.63) is 65.8 Å². The van der Waals surface area contributed by atoms with Crippen LogP contribution in [0.5, 0.6) is 0 Å². The standard InChI is InChI=1S/C24H31ClN6O6/c1-14(2)11-29(21-22(26)30(12-15(3)4)24(35)27-23(21)34)20(33)13-28(5)19(32)9-7-16-6-8-17(25)18(10-16)31(36)37/h6-10,14-15H,11-13,26H2,1-5H3,(H,27,34,35). The number of nitrogen functional groups attached to an aromatic ring is 1. The lowest BCUT2D eigenvalue weighted by molar-refractivity contribution is -0.384. The average molecular weight is 535 g/mol. The van der Waals surface area contributed by atoms with E-state index < -0.39 is 34.5 Å². The molecule has 0 fully saturated rings. The highest BCUT2D eigenvalue weighted by molar-refractivity contribution is 6.32. The van der Waals surface area contributed by atoms with Crippen LogP contribution < -0.4 is 21.9 Å². The molecule has 0 bridgehead atoms. The summed E-state index contributed by atoms with van der Waals surface area (Å²) in [7, 11) is 1.40. The molecule has 37 heavy (non-hydrogen) atoms. The first-order valence-corrected chi connectivity index (χ1v) is 11.9. The van der Waals surface area contributed by atoms with Gasteiger partial charge in [-0.25, -0.2) is 4.79 Å². The summed E-state index contributed by atoms with van der Waals surface area (Å²) in [4.78, 5) is 65.9. The van der Waals surface area contributed by atoms with Gasteiger partial charge in [-0.05, 0) is 29.5 Å². The number of H-pyrrole nitrogens is 1. The summed E-state index contributed by atoms with van der Waals surface area (Å²) in [6.45, 7) is 7.42. The Balaban J connectivity index is 2.32. The van der Waals surface area contributed by atoms with Crippen LogP contribution in [0.3, 0.4) is 0 Å². The van der Waals surface area contributed by atoms with Crippen molar-refractivity contribution in [1.29, 1.82) is 0 Å². The molecule has 3 N–H and O–H groups in total. The molecule has 2 amide bonds. The van der Waals surface area contributed by atoms with E-state index >= 15 is 0 Å². The van der Waals surface area contributed by atoms with Gasteiger partial charge in [0.2, 0.25) is 11.8 Å². The Kier molecular flexibility index (Phi) is 9.78. The minimum atomic E-state index is -0.797. The summed E-state index contributed by atoms with van der Waals surface area (Å²) in [5.74, 6) is -1.27. The Morgan fingerprint density at radius 2 is 1.86 bits per heavy atom. The number of carbonyl (C=O) groups excluding carboxylic acids is 2. The fraction of sp³-hybridized carbons (Fsp3) is 0.417. The lowest BCUT2D eigenvalue weighted by Gasteiger charge is -2.28. The maximum atomic E-state index is 13.3. The highest BCUT2D eigenvalue weighted by Crippen LogP contribution is 2.25. The van der Waals surface area contributed by atoms with Crippen LogP contribution in [0.15, 0.2) is 33.9 Å². The van der Waals surface area contributed by atoms with E-state index in [-0.39, 0.29) is 47.1 Å². The monoisotopic (exact) mass is 534 g/mol. The van der Waals surface area contributed by atoms with Crippen LogP contribution in [0.25, 0.3) is 6.08 Å². The van der Waals surface area contributed by atoms with E-state index in [9.17, 15) is 29.3 Å². The number of likely N-dealkylation sites (N-methyl/N-ethyl adjacent to an activating group) is 1. The summed E-state index contributed by atoms with van der Waals surface area (Å²) in [6.07, 6.45) is 2.53. The first-order valence-electron chi connectivity index (χ1n) is 11.5. The van der Waals surface area contributed by atoms with Crippen molar-refractivity contribution >= 4 is 46.7 Å². The molecule has 13 heteroatoms. The van der Waals surface area contributed by atoms with Gasteiger partial charge < -0.3 is 15.5 Å². The molecule has 0 atom stereocenters. The Labute approximate surface area is 218 Å². The molecule has 0 saturated heterocycles. The van der Waals surface area contributed by atoms with E-state index in [0.717, 1.165) is 11.0 Å². The van der Waals surface area contributed by atoms with Crippen molar-refractivity contribution in [3.63, 3.8) is 0 Å². The van der Waals surface area contributed by atoms with E-state index in [0.29, 0.717) is 5.56 Å². The maximum absolute atomic E-state index is 13.3. The second kappa shape index (κ2) is 12.3. The molecule has 200 valence electrons. The number of halogens is 1. The van der Waals surface area contributed by atoms with Gasteiger partial charge in [0.25, 0.3) is 11.2 Å². The topological polar surface area (TPSA) is 165 Å². The van der Waals surface area contributed by atoms with Gasteiger partial charge in [-0.1, -0.05) is 45.4 Å². The zero-order valence-electron chi connectivity index (χ0n) is 21.4. The molecule has 0 aliphatic heterocycles. The summed E-state index contributed by atoms with van der Waals surface area (Å²) >= 11 is 5.81. The van der Waals surface area contributed by atoms with Crippen LogP contribution in [-0.4, -0.2) is 51.3 Å². The number of nitrogens with one attached hydrogen (secondary N) is 1. The Morgan fingerprint density at radius 3 is 2.43 bits per heavy atom. The van der Waals surface area contributed by atoms with Gasteiger partial charge in [0.15, 0.2) is 5.69 Å². The molecule has 0 radical (unpaired) electrons. The van der Waals surface area contributed by atoms with Crippen molar-refractivity contribution in [3.8, 4) is 0 Å². The van der Waals surface area contributed by atoms with E-state index in [2.05, 4.69) is 4.98 Å². The van der Waals surface area contributed by atoms with Crippen molar-refractivity contribution in [2.45, 2.75) is 34.2 Å². The zero-order chi connectivity index (χ0) is 28.0. The summed E-state index contributed by atoms with van der Waals surface area (Å²) in [5.41, 5.74) is 4.65. The molecule has 0 aliphatic rings. The van der Waals surface area contributed by atoms with Gasteiger partial charge in [0.1, 0.15) is 17.4 Å². The number of amides is 2. The normalized spacial score (nSPS) is 11.4. The Bertz CT molecular complexity index is 1330. The molecule has 1 aromatic heterocycles. The fourth-order valence-electron chi connectivity index (χ4n) is 3.50. The lowest BCUT2D eigenvalue weighted by Crippen LogP contribution is -2.46. The summed E-state index contributed by atoms with van der Waals surface area (Å²) in [6, 6.07) is 4.08. The Hall–Kier alpha value is -3.93. The lowest BCUT2D eigenvalue weighted by atomic mass is 10.2. The second-order valence-electron chi connectivity index (χ2n) is 9.39. The largest absolute Gasteiger partial charge is 0.383 e. The van der Waals surface area contributed by atoms with Crippen molar-refractivity contribution in [1.82, 2.24) is 14.5 Å². The van der Waals surface area contributed by atoms with Crippen LogP contribution in [0.2, 0.25) is 5.02 Å². The number of nitrogens with zero attached hydrogens (tertiary/aromatic N) is 4. The molecule has 12 nitrogen and oxygen atoms in total. The van der Waals surface area contributed by atoms with Crippen LogP contribution in [0, 0.1) is 22.0 Å². The molecule has 0 spiro atoms. The number of anilines is 2. The van der Waals surface area contributed by atoms with Crippen molar-refractivity contribution in [2.75, 3.05) is 30.8 Å². The zero-order valence-corrected chi connectivity index (χ0v) is 22.1. The maximum Gasteiger partial charge on any atom is 0.330 e. The molecule has 2 rings (SSSR count). The predicted molar refractivity (Wildman–Crippen MR) is 143 cm³/mol. The highest BCUT2D eigenvalue weighted by atomic mass is 35.5. The minimum Gasteiger partial charge on any atom is -0.383 e. The van der Waals surface area contributed by atoms with Gasteiger partial charge in [-0.15, -0.1) is 0 Å². The number of hydrogen-bond donors (Lipinski definition) is 2. The number of hydrogen-bond acceptors (Lipinski definition) is 7. The van der Waals surface area contributed by atoms with Crippen LogP contribution in [0.4, 0.5) is 17.2 Å². The van der Waals surface area contributed by atoms with Gasteiger partial charge in [0, 0.05) is 32.3 Å². The number of nitrogens with two attached hydrogens (primary N) is 1. The van der Waals surface area contributed by atoms with Gasteiger partial charge in [0.05, 0.1) is 4.92 Å². The van der Waals surface area contributed by atoms with Crippen LogP contribution in [-0.2, 0) is 16.1 Å². The quantitative estimate of drug-likeness (QED) is 0.268. The highest BCUT2D eigenvalue weighted by Gasteiger charge is 2.26. The summed E-state index contributed by atoms with van der Waals surface area (Å²) < 4.78 is 1.21. The number of nitro groups is 1. The molecule has 1 heterocycles. The van der Waals surface area contributed by atoms with Gasteiger partial charge >= 0.3 is 5.69 Å². The Morgan fingerprint density at radius 1 is 1.22 bits per heavy atom. The van der Waals surface area contributed by atoms with Gasteiger partial charge in [-0.3, -0.25) is 34.0 Å². The minimum absolute atomic E-state index is 0.0320. The molecule has 0 saturated carbocycles. The number of aromatic nitrogens is 2. The molecular formula is C24H31ClN6O6. The van der Waals surface area contributed by atoms with Crippen molar-refractivity contribution < 1.29 is 14.5 Å². The third kappa shape index (κ3) is 7.53. The molecule has 0 unspecified atom stereocenters. The first-order chi connectivity index (χ1) is 17.2. The van der Waals surface area contributed by atoms with E-state index in [1.165, 1.54) is 40.8 Å². The molecule has 2 aromatic rings. The van der Waals surface area contributed by atoms with E-state index in [4.69, 9.17) is 17.3 Å². The molecule has 0 aliphatic carbocycles.